The van der Waals surface area contributed by atoms with Crippen LogP contribution in [0.4, 0.5) is 5.82 Å². The second-order valence-corrected chi connectivity index (χ2v) is 4.19. The van der Waals surface area contributed by atoms with Crippen LogP contribution in [0.1, 0.15) is 5.69 Å². The van der Waals surface area contributed by atoms with Gasteiger partial charge in [-0.05, 0) is 29.7 Å². The van der Waals surface area contributed by atoms with Crippen molar-refractivity contribution in [2.75, 3.05) is 5.43 Å². The highest BCUT2D eigenvalue weighted by molar-refractivity contribution is 5.91. The maximum absolute atomic E-state index is 9.69. The number of pyridine rings is 2. The fourth-order valence-corrected chi connectivity index (χ4v) is 1.84. The lowest BCUT2D eigenvalue weighted by molar-refractivity contribution is 0.481. The van der Waals surface area contributed by atoms with Gasteiger partial charge in [0.15, 0.2) is 0 Å². The number of aromatic nitrogens is 2. The molecule has 0 fully saturated rings. The highest BCUT2D eigenvalue weighted by Gasteiger charge is 2.00. The van der Waals surface area contributed by atoms with E-state index in [0.29, 0.717) is 11.5 Å². The number of fused-ring (bicyclic) bond motifs is 1. The molecular weight excluding hydrogens is 252 g/mol. The van der Waals surface area contributed by atoms with Gasteiger partial charge in [0, 0.05) is 17.8 Å². The van der Waals surface area contributed by atoms with Gasteiger partial charge in [0.05, 0.1) is 11.9 Å². The van der Waals surface area contributed by atoms with Gasteiger partial charge >= 0.3 is 0 Å². The SMILES string of the molecule is Oc1cccc2cc(C=NNc3ccccn3)ncc12. The average Bonchev–Trinajstić information content (AvgIpc) is 2.48. The van der Waals surface area contributed by atoms with Crippen LogP contribution in [0.25, 0.3) is 10.8 Å². The fourth-order valence-electron chi connectivity index (χ4n) is 1.84. The van der Waals surface area contributed by atoms with E-state index in [0.717, 1.165) is 10.8 Å². The molecule has 2 heterocycles. The summed E-state index contributed by atoms with van der Waals surface area (Å²) in [7, 11) is 0. The molecule has 20 heavy (non-hydrogen) atoms. The number of benzene rings is 1. The molecular formula is C15H12N4O. The molecule has 0 unspecified atom stereocenters. The fraction of sp³-hybridized carbons (Fsp3) is 0. The predicted octanol–water partition coefficient (Wildman–Crippen LogP) is 2.78. The Hall–Kier alpha value is -2.95. The van der Waals surface area contributed by atoms with E-state index in [1.54, 1.807) is 30.7 Å². The molecule has 3 rings (SSSR count). The zero-order chi connectivity index (χ0) is 13.8. The molecule has 3 aromatic rings. The molecule has 0 radical (unpaired) electrons. The van der Waals surface area contributed by atoms with Gasteiger partial charge in [-0.15, -0.1) is 0 Å². The number of anilines is 1. The Balaban J connectivity index is 1.81. The number of hydrogen-bond acceptors (Lipinski definition) is 5. The summed E-state index contributed by atoms with van der Waals surface area (Å²) in [4.78, 5) is 8.32. The molecule has 5 heteroatoms. The van der Waals surface area contributed by atoms with E-state index in [-0.39, 0.29) is 5.75 Å². The van der Waals surface area contributed by atoms with Crippen molar-refractivity contribution in [3.05, 3.63) is 60.6 Å². The van der Waals surface area contributed by atoms with Gasteiger partial charge in [-0.3, -0.25) is 10.4 Å². The highest BCUT2D eigenvalue weighted by atomic mass is 16.3. The number of phenolic OH excluding ortho intramolecular Hbond substituents is 1. The molecule has 0 bridgehead atoms. The molecule has 0 saturated heterocycles. The maximum Gasteiger partial charge on any atom is 0.146 e. The molecule has 98 valence electrons. The van der Waals surface area contributed by atoms with Crippen LogP contribution in [0.5, 0.6) is 5.75 Å². The molecule has 1 aromatic carbocycles. The first-order chi connectivity index (χ1) is 9.83. The van der Waals surface area contributed by atoms with Gasteiger partial charge in [-0.25, -0.2) is 4.98 Å². The van der Waals surface area contributed by atoms with Crippen molar-refractivity contribution in [1.29, 1.82) is 0 Å². The number of nitrogens with zero attached hydrogens (tertiary/aromatic N) is 3. The third-order valence-corrected chi connectivity index (χ3v) is 2.80. The van der Waals surface area contributed by atoms with Crippen molar-refractivity contribution in [2.24, 2.45) is 5.10 Å². The number of aromatic hydroxyl groups is 1. The molecule has 0 aliphatic heterocycles. The zero-order valence-corrected chi connectivity index (χ0v) is 10.6. The Morgan fingerprint density at radius 1 is 1.10 bits per heavy atom. The maximum atomic E-state index is 9.69. The molecule has 5 nitrogen and oxygen atoms in total. The Morgan fingerprint density at radius 2 is 2.05 bits per heavy atom. The van der Waals surface area contributed by atoms with Gasteiger partial charge in [0.1, 0.15) is 11.6 Å². The third kappa shape index (κ3) is 2.56. The summed E-state index contributed by atoms with van der Waals surface area (Å²) in [5, 5.41) is 15.4. The lowest BCUT2D eigenvalue weighted by Gasteiger charge is -2.01. The summed E-state index contributed by atoms with van der Waals surface area (Å²) < 4.78 is 0. The van der Waals surface area contributed by atoms with E-state index in [1.165, 1.54) is 0 Å². The number of hydrazone groups is 1. The van der Waals surface area contributed by atoms with Crippen LogP contribution >= 0.6 is 0 Å². The Kier molecular flexibility index (Phi) is 3.24. The van der Waals surface area contributed by atoms with Crippen LogP contribution in [0, 0.1) is 0 Å². The van der Waals surface area contributed by atoms with Crippen LogP contribution < -0.4 is 5.43 Å². The lowest BCUT2D eigenvalue weighted by Crippen LogP contribution is -1.94. The molecule has 0 aliphatic rings. The third-order valence-electron chi connectivity index (χ3n) is 2.80. The summed E-state index contributed by atoms with van der Waals surface area (Å²) >= 11 is 0. The van der Waals surface area contributed by atoms with Crippen LogP contribution in [-0.2, 0) is 0 Å². The van der Waals surface area contributed by atoms with Crippen LogP contribution in [0.2, 0.25) is 0 Å². The number of rotatable bonds is 3. The van der Waals surface area contributed by atoms with Crippen LogP contribution in [-0.4, -0.2) is 21.3 Å². The van der Waals surface area contributed by atoms with E-state index in [9.17, 15) is 5.11 Å². The second-order valence-electron chi connectivity index (χ2n) is 4.19. The zero-order valence-electron chi connectivity index (χ0n) is 10.6. The van der Waals surface area contributed by atoms with Gasteiger partial charge < -0.3 is 5.11 Å². The smallest absolute Gasteiger partial charge is 0.146 e. The minimum Gasteiger partial charge on any atom is -0.507 e. The van der Waals surface area contributed by atoms with Crippen molar-refractivity contribution in [1.82, 2.24) is 9.97 Å². The number of hydrogen-bond donors (Lipinski definition) is 2. The number of nitrogens with one attached hydrogen (secondary N) is 1. The monoisotopic (exact) mass is 264 g/mol. The highest BCUT2D eigenvalue weighted by Crippen LogP contribution is 2.23. The first kappa shape index (κ1) is 12.1. The molecule has 0 spiro atoms. The van der Waals surface area contributed by atoms with Gasteiger partial charge in [0.25, 0.3) is 0 Å². The first-order valence-electron chi connectivity index (χ1n) is 6.11. The second kappa shape index (κ2) is 5.36. The summed E-state index contributed by atoms with van der Waals surface area (Å²) in [6.45, 7) is 0. The molecule has 2 N–H and O–H groups in total. The Labute approximate surface area is 115 Å². The lowest BCUT2D eigenvalue weighted by atomic mass is 10.1. The van der Waals surface area contributed by atoms with Gasteiger partial charge in [-0.1, -0.05) is 18.2 Å². The Bertz CT molecular complexity index is 756. The Morgan fingerprint density at radius 3 is 2.90 bits per heavy atom. The van der Waals surface area contributed by atoms with Crippen molar-refractivity contribution in [3.8, 4) is 5.75 Å². The minimum absolute atomic E-state index is 0.227. The van der Waals surface area contributed by atoms with E-state index in [2.05, 4.69) is 20.5 Å². The van der Waals surface area contributed by atoms with E-state index in [1.807, 2.05) is 30.3 Å². The molecule has 0 saturated carbocycles. The standard InChI is InChI=1S/C15H12N4O/c20-14-5-3-4-11-8-12(17-10-13(11)14)9-18-19-15-6-1-2-7-16-15/h1-10,20H,(H,16,19). The predicted molar refractivity (Wildman–Crippen MR) is 78.9 cm³/mol. The van der Waals surface area contributed by atoms with Crippen LogP contribution in [0.15, 0.2) is 60.0 Å². The summed E-state index contributed by atoms with van der Waals surface area (Å²) in [5.74, 6) is 0.896. The van der Waals surface area contributed by atoms with E-state index >= 15 is 0 Å². The van der Waals surface area contributed by atoms with Crippen molar-refractivity contribution in [2.45, 2.75) is 0 Å². The van der Waals surface area contributed by atoms with Gasteiger partial charge in [0.2, 0.25) is 0 Å². The summed E-state index contributed by atoms with van der Waals surface area (Å²) in [6.07, 6.45) is 4.93. The average molecular weight is 264 g/mol. The topological polar surface area (TPSA) is 70.4 Å². The van der Waals surface area contributed by atoms with Crippen molar-refractivity contribution in [3.63, 3.8) is 0 Å². The molecule has 0 atom stereocenters. The quantitative estimate of drug-likeness (QED) is 0.563. The van der Waals surface area contributed by atoms with Crippen molar-refractivity contribution < 1.29 is 5.11 Å². The summed E-state index contributed by atoms with van der Waals surface area (Å²) in [5.41, 5.74) is 3.52. The summed E-state index contributed by atoms with van der Waals surface area (Å²) in [6, 6.07) is 12.8. The van der Waals surface area contributed by atoms with E-state index in [4.69, 9.17) is 0 Å². The first-order valence-corrected chi connectivity index (χ1v) is 6.11. The number of phenols is 1. The van der Waals surface area contributed by atoms with E-state index < -0.39 is 0 Å². The van der Waals surface area contributed by atoms with Crippen molar-refractivity contribution >= 4 is 22.8 Å². The van der Waals surface area contributed by atoms with Gasteiger partial charge in [-0.2, -0.15) is 5.10 Å². The molecule has 0 amide bonds. The largest absolute Gasteiger partial charge is 0.507 e. The van der Waals surface area contributed by atoms with Crippen LogP contribution in [0.3, 0.4) is 0 Å². The molecule has 0 aliphatic carbocycles. The molecule has 2 aromatic heterocycles. The minimum atomic E-state index is 0.227. The normalized spacial score (nSPS) is 11.0.